The van der Waals surface area contributed by atoms with Gasteiger partial charge in [-0.25, -0.2) is 4.79 Å². The van der Waals surface area contributed by atoms with Crippen LogP contribution in [0.25, 0.3) is 0 Å². The minimum atomic E-state index is -4.52. The number of hydrogen-bond acceptors (Lipinski definition) is 4. The number of fused-ring (bicyclic) bond motifs is 1. The number of carbonyl (C=O) groups excluding carboxylic acids is 2. The molecule has 0 N–H and O–H groups in total. The van der Waals surface area contributed by atoms with Crippen LogP contribution >= 0.6 is 34.8 Å². The summed E-state index contributed by atoms with van der Waals surface area (Å²) < 4.78 is 38.9. The van der Waals surface area contributed by atoms with Gasteiger partial charge < -0.3 is 9.74 Å². The third-order valence-electron chi connectivity index (χ3n) is 3.95. The Labute approximate surface area is 177 Å². The van der Waals surface area contributed by atoms with E-state index < -0.39 is 28.5 Å². The summed E-state index contributed by atoms with van der Waals surface area (Å²) in [5.74, 6) is -1.78. The van der Waals surface area contributed by atoms with Crippen molar-refractivity contribution < 1.29 is 27.6 Å². The van der Waals surface area contributed by atoms with E-state index in [1.54, 1.807) is 0 Å². The molecule has 2 aromatic rings. The van der Waals surface area contributed by atoms with Crippen molar-refractivity contribution in [2.45, 2.75) is 17.6 Å². The van der Waals surface area contributed by atoms with Gasteiger partial charge in [-0.2, -0.15) is 13.2 Å². The molecule has 0 bridgehead atoms. The van der Waals surface area contributed by atoms with Gasteiger partial charge in [-0.15, -0.1) is 0 Å². The maximum Gasteiger partial charge on any atom is 0.416 e. The van der Waals surface area contributed by atoms with Crippen molar-refractivity contribution in [2.24, 2.45) is 5.16 Å². The second-order valence-corrected chi connectivity index (χ2v) is 7.43. The summed E-state index contributed by atoms with van der Waals surface area (Å²) in [6.45, 7) is -0.169. The van der Waals surface area contributed by atoms with Gasteiger partial charge in [0, 0.05) is 10.6 Å². The zero-order valence-corrected chi connectivity index (χ0v) is 16.5. The summed E-state index contributed by atoms with van der Waals surface area (Å²) in [4.78, 5) is 28.5. The number of benzene rings is 2. The molecule has 1 aliphatic rings. The molecule has 0 fully saturated rings. The number of carbonyl (C=O) groups is 2. The average molecular weight is 466 g/mol. The van der Waals surface area contributed by atoms with Crippen molar-refractivity contribution in [3.8, 4) is 0 Å². The van der Waals surface area contributed by atoms with Crippen molar-refractivity contribution in [3.63, 3.8) is 0 Å². The predicted molar refractivity (Wildman–Crippen MR) is 102 cm³/mol. The van der Waals surface area contributed by atoms with Gasteiger partial charge in [0.25, 0.3) is 5.91 Å². The largest absolute Gasteiger partial charge is 0.416 e. The highest BCUT2D eigenvalue weighted by molar-refractivity contribution is 6.55. The standard InChI is InChI=1S/C18H10Cl3F3N2O3/c19-11-4-5-13-12(7-11)14(25-29-17(28)15(20)21)16(27)26(13)8-9-2-1-3-10(6-9)18(22,23)24/h1-7,15H,8H2. The fourth-order valence-electron chi connectivity index (χ4n) is 2.69. The molecule has 0 spiro atoms. The first-order chi connectivity index (χ1) is 13.6. The van der Waals surface area contributed by atoms with E-state index in [1.807, 2.05) is 0 Å². The molecule has 0 saturated carbocycles. The molecular weight excluding hydrogens is 456 g/mol. The molecule has 0 radical (unpaired) electrons. The Morgan fingerprint density at radius 3 is 2.55 bits per heavy atom. The van der Waals surface area contributed by atoms with Gasteiger partial charge in [0.1, 0.15) is 0 Å². The zero-order chi connectivity index (χ0) is 21.3. The van der Waals surface area contributed by atoms with Crippen LogP contribution in [0.4, 0.5) is 18.9 Å². The summed E-state index contributed by atoms with van der Waals surface area (Å²) in [6, 6.07) is 9.03. The average Bonchev–Trinajstić information content (AvgIpc) is 2.90. The third kappa shape index (κ3) is 4.66. The van der Waals surface area contributed by atoms with E-state index in [1.165, 1.54) is 35.2 Å². The van der Waals surface area contributed by atoms with Crippen molar-refractivity contribution in [1.82, 2.24) is 0 Å². The van der Waals surface area contributed by atoms with E-state index >= 15 is 0 Å². The van der Waals surface area contributed by atoms with Gasteiger partial charge >= 0.3 is 12.1 Å². The number of oxime groups is 1. The lowest BCUT2D eigenvalue weighted by Crippen LogP contribution is -2.30. The van der Waals surface area contributed by atoms with Gasteiger partial charge in [0.15, 0.2) is 5.71 Å². The number of halogens is 6. The van der Waals surface area contributed by atoms with Crippen molar-refractivity contribution >= 4 is 58.1 Å². The molecule has 0 atom stereocenters. The first kappa shape index (κ1) is 21.4. The Kier molecular flexibility index (Phi) is 6.07. The minimum absolute atomic E-state index is 0.169. The lowest BCUT2D eigenvalue weighted by molar-refractivity contribution is -0.141. The molecule has 2 aromatic carbocycles. The maximum atomic E-state index is 13.0. The van der Waals surface area contributed by atoms with Crippen molar-refractivity contribution in [2.75, 3.05) is 4.90 Å². The first-order valence-electron chi connectivity index (χ1n) is 7.93. The molecule has 3 rings (SSSR count). The summed E-state index contributed by atoms with van der Waals surface area (Å²) in [6.07, 6.45) is -4.52. The van der Waals surface area contributed by atoms with Gasteiger partial charge in [-0.3, -0.25) is 4.79 Å². The molecule has 0 unspecified atom stereocenters. The minimum Gasteiger partial charge on any atom is -0.314 e. The van der Waals surface area contributed by atoms with Crippen LogP contribution in [0.1, 0.15) is 16.7 Å². The fraction of sp³-hybridized carbons (Fsp3) is 0.167. The van der Waals surface area contributed by atoms with Gasteiger partial charge in [0.05, 0.1) is 17.8 Å². The summed E-state index contributed by atoms with van der Waals surface area (Å²) in [7, 11) is 0. The number of hydrogen-bond donors (Lipinski definition) is 0. The topological polar surface area (TPSA) is 59.0 Å². The number of nitrogens with zero attached hydrogens (tertiary/aromatic N) is 2. The van der Waals surface area contributed by atoms with Crippen LogP contribution in [-0.4, -0.2) is 22.4 Å². The molecule has 11 heteroatoms. The lowest BCUT2D eigenvalue weighted by Gasteiger charge is -2.18. The molecule has 152 valence electrons. The highest BCUT2D eigenvalue weighted by atomic mass is 35.5. The van der Waals surface area contributed by atoms with Crippen LogP contribution < -0.4 is 4.90 Å². The zero-order valence-electron chi connectivity index (χ0n) is 14.2. The monoisotopic (exact) mass is 464 g/mol. The Morgan fingerprint density at radius 1 is 1.17 bits per heavy atom. The van der Waals surface area contributed by atoms with E-state index in [0.29, 0.717) is 5.69 Å². The second kappa shape index (κ2) is 8.22. The second-order valence-electron chi connectivity index (χ2n) is 5.90. The Balaban J connectivity index is 1.96. The van der Waals surface area contributed by atoms with Crippen LogP contribution in [0.15, 0.2) is 47.6 Å². The summed E-state index contributed by atoms with van der Waals surface area (Å²) >= 11 is 16.7. The van der Waals surface area contributed by atoms with Crippen LogP contribution in [0.5, 0.6) is 0 Å². The molecule has 0 saturated heterocycles. The predicted octanol–water partition coefficient (Wildman–Crippen LogP) is 4.96. The lowest BCUT2D eigenvalue weighted by atomic mass is 10.1. The van der Waals surface area contributed by atoms with Crippen LogP contribution in [0.2, 0.25) is 5.02 Å². The van der Waals surface area contributed by atoms with E-state index in [0.717, 1.165) is 12.1 Å². The first-order valence-corrected chi connectivity index (χ1v) is 9.18. The molecule has 1 amide bonds. The SMILES string of the molecule is O=C(ON=C1C(=O)N(Cc2cccc(C(F)(F)F)c2)c2ccc(Cl)cc21)C(Cl)Cl. The molecule has 29 heavy (non-hydrogen) atoms. The van der Waals surface area contributed by atoms with Crippen molar-refractivity contribution in [3.05, 3.63) is 64.2 Å². The van der Waals surface area contributed by atoms with Crippen LogP contribution in [0, 0.1) is 0 Å². The van der Waals surface area contributed by atoms with Crippen LogP contribution in [0.3, 0.4) is 0 Å². The molecule has 5 nitrogen and oxygen atoms in total. The maximum absolute atomic E-state index is 13.0. The molecule has 0 aromatic heterocycles. The number of anilines is 1. The highest BCUT2D eigenvalue weighted by Gasteiger charge is 2.36. The van der Waals surface area contributed by atoms with E-state index in [4.69, 9.17) is 34.8 Å². The van der Waals surface area contributed by atoms with E-state index in [9.17, 15) is 22.8 Å². The third-order valence-corrected chi connectivity index (χ3v) is 4.54. The quantitative estimate of drug-likeness (QED) is 0.364. The smallest absolute Gasteiger partial charge is 0.314 e. The Morgan fingerprint density at radius 2 is 1.90 bits per heavy atom. The fourth-order valence-corrected chi connectivity index (χ4v) is 2.94. The Bertz CT molecular complexity index is 1010. The molecule has 0 aliphatic carbocycles. The summed E-state index contributed by atoms with van der Waals surface area (Å²) in [5.41, 5.74) is -0.246. The normalized spacial score (nSPS) is 15.2. The highest BCUT2D eigenvalue weighted by Crippen LogP contribution is 2.34. The number of amides is 1. The van der Waals surface area contributed by atoms with E-state index in [2.05, 4.69) is 9.99 Å². The van der Waals surface area contributed by atoms with Crippen molar-refractivity contribution in [1.29, 1.82) is 0 Å². The van der Waals surface area contributed by atoms with E-state index in [-0.39, 0.29) is 28.4 Å². The Hall–Kier alpha value is -2.29. The number of alkyl halides is 5. The van der Waals surface area contributed by atoms with Crippen LogP contribution in [-0.2, 0) is 27.1 Å². The van der Waals surface area contributed by atoms with Gasteiger partial charge in [-0.05, 0) is 35.9 Å². The summed E-state index contributed by atoms with van der Waals surface area (Å²) in [5, 5.41) is 3.81. The number of rotatable bonds is 4. The molecule has 1 aliphatic heterocycles. The van der Waals surface area contributed by atoms with Gasteiger partial charge in [-0.1, -0.05) is 52.1 Å². The van der Waals surface area contributed by atoms with Gasteiger partial charge in [0.2, 0.25) is 4.84 Å². The molecule has 1 heterocycles. The molecular formula is C18H10Cl3F3N2O3.